The molecule has 0 aliphatic heterocycles. The molecule has 0 saturated heterocycles. The SMILES string of the molecule is N#Cc1cccc(-c2ccc3c(c2)c2cc(-c4cccc(C#N)c4)ccc2n3-c2ccc(-c3nc(-c4ccccc4)nc(-c4ccccc4)n3)cc2-c2ccc(C(F)(F)F)cc2-n2c3ccc(-c4cccc(C#N)c4)cc3c3cc(-c4cccc(C#N)c4)ccc32)c1. The molecule has 0 spiro atoms. The van der Waals surface area contributed by atoms with Crippen molar-refractivity contribution in [3.63, 3.8) is 0 Å². The number of rotatable bonds is 10. The molecule has 15 aromatic rings. The average molecular weight is 1190 g/mol. The smallest absolute Gasteiger partial charge is 0.309 e. The molecule has 0 unspecified atom stereocenters. The van der Waals surface area contributed by atoms with Gasteiger partial charge >= 0.3 is 6.18 Å². The van der Waals surface area contributed by atoms with E-state index in [1.165, 1.54) is 6.07 Å². The zero-order valence-electron chi connectivity index (χ0n) is 48.6. The Morgan fingerprint density at radius 2 is 0.598 bits per heavy atom. The van der Waals surface area contributed by atoms with Gasteiger partial charge in [-0.1, -0.05) is 140 Å². The molecule has 0 fully saturated rings. The molecule has 92 heavy (non-hydrogen) atoms. The number of hydrogen-bond acceptors (Lipinski definition) is 7. The van der Waals surface area contributed by atoms with E-state index in [2.05, 4.69) is 41.0 Å². The van der Waals surface area contributed by atoms with Gasteiger partial charge in [0.15, 0.2) is 17.5 Å². The van der Waals surface area contributed by atoms with Crippen molar-refractivity contribution in [1.82, 2.24) is 24.1 Å². The van der Waals surface area contributed by atoms with E-state index in [4.69, 9.17) is 15.0 Å². The lowest BCUT2D eigenvalue weighted by atomic mass is 9.96. The summed E-state index contributed by atoms with van der Waals surface area (Å²) < 4.78 is 51.3. The number of nitriles is 4. The highest BCUT2D eigenvalue weighted by Gasteiger charge is 2.33. The van der Waals surface area contributed by atoms with Crippen molar-refractivity contribution in [3.8, 4) is 125 Å². The van der Waals surface area contributed by atoms with Crippen LogP contribution in [0, 0.1) is 45.3 Å². The Labute approximate surface area is 525 Å². The molecular formula is C80H44F3N9. The van der Waals surface area contributed by atoms with Crippen LogP contribution in [0.3, 0.4) is 0 Å². The second-order valence-electron chi connectivity index (χ2n) is 22.4. The standard InChI is InChI=1S/C80H44F3N9/c81-80(82,83)64-28-29-65(76(44-64)92-74-32-25-61(57-21-9-13-51(37-57)47-86)41-69(74)70-42-62(26-33-75(70)92)58-22-10-14-52(38-58)48-87)66-43-63(79-89-77(53-15-3-1-4-16-53)88-78(90-79)54-17-5-2-6-18-54)27-34-71(66)91-72-30-23-59(55-19-7-11-49(35-55)45-84)39-67(72)68-40-60(24-31-73(68)91)56-20-8-12-50(36-56)46-85/h1-44H. The van der Waals surface area contributed by atoms with E-state index < -0.39 is 11.7 Å². The Morgan fingerprint density at radius 3 is 0.957 bits per heavy atom. The van der Waals surface area contributed by atoms with Crippen LogP contribution in [0.15, 0.2) is 267 Å². The monoisotopic (exact) mass is 1190 g/mol. The van der Waals surface area contributed by atoms with Crippen LogP contribution in [-0.4, -0.2) is 24.1 Å². The Balaban J connectivity index is 1.05. The molecule has 0 saturated carbocycles. The van der Waals surface area contributed by atoms with Crippen molar-refractivity contribution in [1.29, 1.82) is 21.0 Å². The van der Waals surface area contributed by atoms with Crippen molar-refractivity contribution in [2.45, 2.75) is 6.18 Å². The Kier molecular flexibility index (Phi) is 13.7. The van der Waals surface area contributed by atoms with Gasteiger partial charge in [-0.05, 0) is 172 Å². The average Bonchev–Trinajstić information content (AvgIpc) is 1.56. The van der Waals surface area contributed by atoms with E-state index in [0.717, 1.165) is 94.3 Å². The molecule has 0 aliphatic rings. The van der Waals surface area contributed by atoms with Crippen LogP contribution in [0.2, 0.25) is 0 Å². The zero-order valence-corrected chi connectivity index (χ0v) is 48.6. The van der Waals surface area contributed by atoms with Crippen molar-refractivity contribution in [2.24, 2.45) is 0 Å². The zero-order chi connectivity index (χ0) is 62.6. The van der Waals surface area contributed by atoms with Gasteiger partial charge in [-0.25, -0.2) is 15.0 Å². The summed E-state index contributed by atoms with van der Waals surface area (Å²) in [6, 6.07) is 91.5. The number of aromatic nitrogens is 5. The fourth-order valence-corrected chi connectivity index (χ4v) is 12.5. The second kappa shape index (κ2) is 22.6. The predicted octanol–water partition coefficient (Wildman–Crippen LogP) is 19.9. The predicted molar refractivity (Wildman–Crippen MR) is 356 cm³/mol. The minimum Gasteiger partial charge on any atom is -0.309 e. The molecule has 3 aromatic heterocycles. The summed E-state index contributed by atoms with van der Waals surface area (Å²) in [6.07, 6.45) is -4.77. The molecule has 12 heteroatoms. The van der Waals surface area contributed by atoms with Gasteiger partial charge in [0.2, 0.25) is 0 Å². The molecule has 9 nitrogen and oxygen atoms in total. The Hall–Kier alpha value is -13.0. The maximum atomic E-state index is 15.8. The minimum atomic E-state index is -4.77. The molecule has 0 bridgehead atoms. The van der Waals surface area contributed by atoms with E-state index in [1.54, 1.807) is 30.3 Å². The number of fused-ring (bicyclic) bond motifs is 6. The van der Waals surface area contributed by atoms with Crippen molar-refractivity contribution in [2.75, 3.05) is 0 Å². The summed E-state index contributed by atoms with van der Waals surface area (Å²) in [5, 5.41) is 43.1. The highest BCUT2D eigenvalue weighted by Crippen LogP contribution is 2.46. The number of hydrogen-bond donors (Lipinski definition) is 0. The maximum absolute atomic E-state index is 15.8. The molecule has 0 amide bonds. The first-order valence-electron chi connectivity index (χ1n) is 29.4. The molecule has 0 atom stereocenters. The largest absolute Gasteiger partial charge is 0.416 e. The summed E-state index contributed by atoms with van der Waals surface area (Å²) in [5.41, 5.74) is 14.3. The molecule has 3 heterocycles. The minimum absolute atomic E-state index is 0.224. The van der Waals surface area contributed by atoms with E-state index in [1.807, 2.05) is 217 Å². The van der Waals surface area contributed by atoms with Crippen LogP contribution >= 0.6 is 0 Å². The van der Waals surface area contributed by atoms with Gasteiger partial charge in [0.25, 0.3) is 0 Å². The fraction of sp³-hybridized carbons (Fsp3) is 0.0125. The van der Waals surface area contributed by atoms with Crippen LogP contribution < -0.4 is 0 Å². The second-order valence-corrected chi connectivity index (χ2v) is 22.4. The maximum Gasteiger partial charge on any atom is 0.416 e. The number of nitrogens with zero attached hydrogens (tertiary/aromatic N) is 9. The third-order valence-electron chi connectivity index (χ3n) is 16.9. The van der Waals surface area contributed by atoms with Crippen LogP contribution in [0.4, 0.5) is 13.2 Å². The molecule has 15 rings (SSSR count). The van der Waals surface area contributed by atoms with Gasteiger partial charge in [0, 0.05) is 49.4 Å². The third kappa shape index (κ3) is 9.99. The Bertz CT molecular complexity index is 5410. The first-order valence-corrected chi connectivity index (χ1v) is 29.4. The van der Waals surface area contributed by atoms with Gasteiger partial charge in [-0.3, -0.25) is 0 Å². The van der Waals surface area contributed by atoms with Gasteiger partial charge < -0.3 is 9.13 Å². The lowest BCUT2D eigenvalue weighted by Gasteiger charge is -2.21. The molecule has 0 aliphatic carbocycles. The normalized spacial score (nSPS) is 11.4. The molecule has 430 valence electrons. The highest BCUT2D eigenvalue weighted by atomic mass is 19.4. The van der Waals surface area contributed by atoms with Crippen molar-refractivity contribution in [3.05, 3.63) is 295 Å². The highest BCUT2D eigenvalue weighted by molar-refractivity contribution is 6.14. The van der Waals surface area contributed by atoms with E-state index >= 15 is 13.2 Å². The molecular weight excluding hydrogens is 1140 g/mol. The molecule has 12 aromatic carbocycles. The first-order chi connectivity index (χ1) is 45.0. The lowest BCUT2D eigenvalue weighted by Crippen LogP contribution is -2.08. The van der Waals surface area contributed by atoms with Crippen molar-refractivity contribution < 1.29 is 13.2 Å². The molecule has 0 radical (unpaired) electrons. The van der Waals surface area contributed by atoms with Gasteiger partial charge in [0.1, 0.15) is 0 Å². The van der Waals surface area contributed by atoms with Crippen molar-refractivity contribution >= 4 is 43.6 Å². The van der Waals surface area contributed by atoms with Crippen LogP contribution in [-0.2, 0) is 6.18 Å². The van der Waals surface area contributed by atoms with E-state index in [-0.39, 0.29) is 5.69 Å². The van der Waals surface area contributed by atoms with Crippen LogP contribution in [0.5, 0.6) is 0 Å². The number of alkyl halides is 3. The van der Waals surface area contributed by atoms with E-state index in [0.29, 0.717) is 73.1 Å². The Morgan fingerprint density at radius 1 is 0.272 bits per heavy atom. The number of benzene rings is 12. The topological polar surface area (TPSA) is 144 Å². The van der Waals surface area contributed by atoms with E-state index in [9.17, 15) is 21.0 Å². The summed E-state index contributed by atoms with van der Waals surface area (Å²) in [4.78, 5) is 15.3. The summed E-state index contributed by atoms with van der Waals surface area (Å²) in [5.74, 6) is 1.17. The van der Waals surface area contributed by atoms with Gasteiger partial charge in [0.05, 0.1) is 85.5 Å². The lowest BCUT2D eigenvalue weighted by molar-refractivity contribution is -0.137. The fourth-order valence-electron chi connectivity index (χ4n) is 12.5. The first kappa shape index (κ1) is 55.6. The number of halogens is 3. The van der Waals surface area contributed by atoms with Gasteiger partial charge in [-0.15, -0.1) is 0 Å². The quantitative estimate of drug-likeness (QED) is 0.133. The molecule has 0 N–H and O–H groups in total. The third-order valence-corrected chi connectivity index (χ3v) is 16.9. The summed E-state index contributed by atoms with van der Waals surface area (Å²) in [7, 11) is 0. The van der Waals surface area contributed by atoms with Crippen LogP contribution in [0.1, 0.15) is 27.8 Å². The summed E-state index contributed by atoms with van der Waals surface area (Å²) >= 11 is 0. The van der Waals surface area contributed by atoms with Gasteiger partial charge in [-0.2, -0.15) is 34.2 Å². The summed E-state index contributed by atoms with van der Waals surface area (Å²) in [6.45, 7) is 0. The van der Waals surface area contributed by atoms with Crippen LogP contribution in [0.25, 0.3) is 145 Å².